The molecule has 1 aromatic rings. The zero-order valence-electron chi connectivity index (χ0n) is 11.8. The Balaban J connectivity index is 2.47. The topological polar surface area (TPSA) is 68.3 Å². The third-order valence-corrected chi connectivity index (χ3v) is 2.30. The van der Waals surface area contributed by atoms with E-state index in [9.17, 15) is 9.59 Å². The largest absolute Gasteiger partial charge is 0.439 e. The van der Waals surface area contributed by atoms with Gasteiger partial charge in [0.2, 0.25) is 0 Å². The van der Waals surface area contributed by atoms with Crippen LogP contribution in [-0.2, 0) is 16.0 Å². The highest BCUT2D eigenvalue weighted by Crippen LogP contribution is 2.04. The molecule has 0 aliphatic heterocycles. The molecule has 0 saturated carbocycles. The molecule has 1 N–H and O–H groups in total. The van der Waals surface area contributed by atoms with Crippen LogP contribution in [0.5, 0.6) is 0 Å². The SMILES string of the molecule is CC(OC(=O)NC(C)(C)C)C(=O)Cc1ccccn1. The number of ketones is 1. The predicted molar refractivity (Wildman–Crippen MR) is 71.8 cm³/mol. The van der Waals surface area contributed by atoms with E-state index in [-0.39, 0.29) is 17.7 Å². The van der Waals surface area contributed by atoms with Crippen LogP contribution in [-0.4, -0.2) is 28.5 Å². The lowest BCUT2D eigenvalue weighted by Crippen LogP contribution is -2.43. The van der Waals surface area contributed by atoms with E-state index < -0.39 is 12.2 Å². The van der Waals surface area contributed by atoms with Crippen molar-refractivity contribution in [1.29, 1.82) is 0 Å². The lowest BCUT2D eigenvalue weighted by molar-refractivity contribution is -0.125. The van der Waals surface area contributed by atoms with Crippen molar-refractivity contribution >= 4 is 11.9 Å². The van der Waals surface area contributed by atoms with Gasteiger partial charge in [0.25, 0.3) is 0 Å². The summed E-state index contributed by atoms with van der Waals surface area (Å²) in [6.45, 7) is 7.09. The molecule has 1 heterocycles. The van der Waals surface area contributed by atoms with Crippen molar-refractivity contribution in [3.05, 3.63) is 30.1 Å². The number of alkyl carbamates (subject to hydrolysis) is 1. The van der Waals surface area contributed by atoms with Gasteiger partial charge in [-0.25, -0.2) is 4.79 Å². The van der Waals surface area contributed by atoms with E-state index in [0.29, 0.717) is 5.69 Å². The lowest BCUT2D eigenvalue weighted by atomic mass is 10.1. The van der Waals surface area contributed by atoms with E-state index in [1.165, 1.54) is 0 Å². The first-order valence-electron chi connectivity index (χ1n) is 6.19. The number of Topliss-reactive ketones (excluding diaryl/α,β-unsaturated/α-hetero) is 1. The van der Waals surface area contributed by atoms with E-state index in [0.717, 1.165) is 0 Å². The van der Waals surface area contributed by atoms with Gasteiger partial charge < -0.3 is 10.1 Å². The summed E-state index contributed by atoms with van der Waals surface area (Å²) in [4.78, 5) is 27.5. The molecule has 0 radical (unpaired) electrons. The molecule has 5 heteroatoms. The highest BCUT2D eigenvalue weighted by atomic mass is 16.6. The molecular weight excluding hydrogens is 244 g/mol. The summed E-state index contributed by atoms with van der Waals surface area (Å²) in [6, 6.07) is 5.36. The number of hydrogen-bond acceptors (Lipinski definition) is 4. The molecule has 0 aliphatic rings. The van der Waals surface area contributed by atoms with Crippen LogP contribution in [0.2, 0.25) is 0 Å². The molecule has 1 atom stereocenters. The third kappa shape index (κ3) is 5.99. The van der Waals surface area contributed by atoms with Crippen LogP contribution in [0, 0.1) is 0 Å². The first-order valence-corrected chi connectivity index (χ1v) is 6.19. The molecule has 0 spiro atoms. The number of nitrogens with one attached hydrogen (secondary N) is 1. The van der Waals surface area contributed by atoms with Crippen LogP contribution in [0.15, 0.2) is 24.4 Å². The van der Waals surface area contributed by atoms with Crippen molar-refractivity contribution in [3.63, 3.8) is 0 Å². The summed E-state index contributed by atoms with van der Waals surface area (Å²) >= 11 is 0. The maximum Gasteiger partial charge on any atom is 0.408 e. The Morgan fingerprint density at radius 2 is 2.05 bits per heavy atom. The number of nitrogens with zero attached hydrogens (tertiary/aromatic N) is 1. The van der Waals surface area contributed by atoms with Crippen molar-refractivity contribution in [2.75, 3.05) is 0 Å². The summed E-state index contributed by atoms with van der Waals surface area (Å²) in [6.07, 6.45) is 0.407. The molecule has 104 valence electrons. The molecule has 1 rings (SSSR count). The Morgan fingerprint density at radius 1 is 1.37 bits per heavy atom. The van der Waals surface area contributed by atoms with Gasteiger partial charge in [0.15, 0.2) is 11.9 Å². The minimum absolute atomic E-state index is 0.158. The Kier molecular flexibility index (Phi) is 5.03. The predicted octanol–water partition coefficient (Wildman–Crippen LogP) is 2.11. The van der Waals surface area contributed by atoms with Crippen LogP contribution in [0.3, 0.4) is 0 Å². The summed E-state index contributed by atoms with van der Waals surface area (Å²) in [5.74, 6) is -0.178. The van der Waals surface area contributed by atoms with E-state index in [4.69, 9.17) is 4.74 Å². The maximum atomic E-state index is 11.9. The Bertz CT molecular complexity index is 438. The zero-order valence-corrected chi connectivity index (χ0v) is 11.8. The van der Waals surface area contributed by atoms with Crippen LogP contribution in [0.4, 0.5) is 4.79 Å². The van der Waals surface area contributed by atoms with Gasteiger partial charge in [-0.05, 0) is 39.8 Å². The average Bonchev–Trinajstić information content (AvgIpc) is 2.27. The molecule has 0 aliphatic carbocycles. The summed E-state index contributed by atoms with van der Waals surface area (Å²) in [7, 11) is 0. The van der Waals surface area contributed by atoms with Crippen molar-refractivity contribution in [3.8, 4) is 0 Å². The first-order chi connectivity index (χ1) is 8.78. The summed E-state index contributed by atoms with van der Waals surface area (Å²) in [5, 5.41) is 2.64. The molecule has 0 fully saturated rings. The number of carbonyl (C=O) groups excluding carboxylic acids is 2. The minimum atomic E-state index is -0.788. The van der Waals surface area contributed by atoms with Gasteiger partial charge in [-0.2, -0.15) is 0 Å². The van der Waals surface area contributed by atoms with Crippen molar-refractivity contribution < 1.29 is 14.3 Å². The van der Waals surface area contributed by atoms with Gasteiger partial charge in [0.1, 0.15) is 0 Å². The molecule has 0 bridgehead atoms. The number of rotatable bonds is 4. The van der Waals surface area contributed by atoms with Gasteiger partial charge in [-0.1, -0.05) is 6.07 Å². The fourth-order valence-corrected chi connectivity index (χ4v) is 1.39. The van der Waals surface area contributed by atoms with E-state index >= 15 is 0 Å². The average molecular weight is 264 g/mol. The monoisotopic (exact) mass is 264 g/mol. The third-order valence-electron chi connectivity index (χ3n) is 2.30. The molecule has 19 heavy (non-hydrogen) atoms. The van der Waals surface area contributed by atoms with Crippen LogP contribution < -0.4 is 5.32 Å². The number of ether oxygens (including phenoxy) is 1. The lowest BCUT2D eigenvalue weighted by Gasteiger charge is -2.21. The molecule has 1 amide bonds. The Morgan fingerprint density at radius 3 is 2.58 bits per heavy atom. The van der Waals surface area contributed by atoms with E-state index in [1.54, 1.807) is 25.3 Å². The number of hydrogen-bond donors (Lipinski definition) is 1. The quantitative estimate of drug-likeness (QED) is 0.904. The van der Waals surface area contributed by atoms with Gasteiger partial charge in [-0.3, -0.25) is 9.78 Å². The van der Waals surface area contributed by atoms with Crippen LogP contribution in [0.25, 0.3) is 0 Å². The van der Waals surface area contributed by atoms with Crippen LogP contribution in [0.1, 0.15) is 33.4 Å². The normalized spacial score (nSPS) is 12.6. The van der Waals surface area contributed by atoms with Crippen molar-refractivity contribution in [2.45, 2.75) is 45.8 Å². The minimum Gasteiger partial charge on any atom is -0.439 e. The molecule has 0 aromatic carbocycles. The van der Waals surface area contributed by atoms with Crippen molar-refractivity contribution in [1.82, 2.24) is 10.3 Å². The molecule has 5 nitrogen and oxygen atoms in total. The Labute approximate surface area is 113 Å². The maximum absolute atomic E-state index is 11.9. The second-order valence-corrected chi connectivity index (χ2v) is 5.39. The standard InChI is InChI=1S/C14H20N2O3/c1-10(19-13(18)16-14(2,3)4)12(17)9-11-7-5-6-8-15-11/h5-8,10H,9H2,1-4H3,(H,16,18). The van der Waals surface area contributed by atoms with E-state index in [1.807, 2.05) is 26.8 Å². The van der Waals surface area contributed by atoms with Gasteiger partial charge >= 0.3 is 6.09 Å². The number of aromatic nitrogens is 1. The van der Waals surface area contributed by atoms with Crippen molar-refractivity contribution in [2.24, 2.45) is 0 Å². The molecule has 1 aromatic heterocycles. The van der Waals surface area contributed by atoms with Gasteiger partial charge in [-0.15, -0.1) is 0 Å². The highest BCUT2D eigenvalue weighted by molar-refractivity contribution is 5.86. The highest BCUT2D eigenvalue weighted by Gasteiger charge is 2.21. The summed E-state index contributed by atoms with van der Waals surface area (Å²) < 4.78 is 5.03. The fourth-order valence-electron chi connectivity index (χ4n) is 1.39. The smallest absolute Gasteiger partial charge is 0.408 e. The number of amides is 1. The van der Waals surface area contributed by atoms with Gasteiger partial charge in [0.05, 0.1) is 6.42 Å². The molecule has 1 unspecified atom stereocenters. The second-order valence-electron chi connectivity index (χ2n) is 5.39. The number of carbonyl (C=O) groups is 2. The molecule has 0 saturated heterocycles. The van der Waals surface area contributed by atoms with Crippen LogP contribution >= 0.6 is 0 Å². The summed E-state index contributed by atoms with van der Waals surface area (Å²) in [5.41, 5.74) is 0.278. The second kappa shape index (κ2) is 6.31. The molecular formula is C14H20N2O3. The Hall–Kier alpha value is -1.91. The number of pyridine rings is 1. The zero-order chi connectivity index (χ0) is 14.5. The fraction of sp³-hybridized carbons (Fsp3) is 0.500. The van der Waals surface area contributed by atoms with Gasteiger partial charge in [0, 0.05) is 17.4 Å². The van der Waals surface area contributed by atoms with E-state index in [2.05, 4.69) is 10.3 Å². The first kappa shape index (κ1) is 15.1.